The average Bonchev–Trinajstić information content (AvgIpc) is 3.38. The molecule has 146 valence electrons. The lowest BCUT2D eigenvalue weighted by atomic mass is 10.2. The lowest BCUT2D eigenvalue weighted by molar-refractivity contribution is -0.139. The van der Waals surface area contributed by atoms with E-state index in [0.29, 0.717) is 45.9 Å². The largest absolute Gasteiger partial charge is 0.493 e. The molecule has 3 rings (SSSR count). The van der Waals surface area contributed by atoms with Gasteiger partial charge in [0.15, 0.2) is 17.3 Å². The third-order valence-corrected chi connectivity index (χ3v) is 3.92. The molecule has 0 spiro atoms. The molecule has 0 bridgehead atoms. The third-order valence-electron chi connectivity index (χ3n) is 3.64. The number of rotatable bonds is 8. The number of carbonyl (C=O) groups is 1. The second kappa shape index (κ2) is 9.14. The van der Waals surface area contributed by atoms with Crippen LogP contribution in [-0.4, -0.2) is 24.8 Å². The van der Waals surface area contributed by atoms with Gasteiger partial charge in [-0.3, -0.25) is 0 Å². The van der Waals surface area contributed by atoms with E-state index in [9.17, 15) is 4.79 Å². The van der Waals surface area contributed by atoms with Crippen molar-refractivity contribution in [2.24, 2.45) is 0 Å². The molecule has 28 heavy (non-hydrogen) atoms. The number of halogens is 1. The molecule has 7 nitrogen and oxygen atoms in total. The van der Waals surface area contributed by atoms with Crippen LogP contribution in [0.1, 0.15) is 18.2 Å². The highest BCUT2D eigenvalue weighted by Crippen LogP contribution is 2.36. The Kier molecular flexibility index (Phi) is 6.39. The molecule has 0 aliphatic rings. The highest BCUT2D eigenvalue weighted by atomic mass is 35.5. The molecule has 0 saturated heterocycles. The van der Waals surface area contributed by atoms with E-state index in [1.807, 2.05) is 6.92 Å². The molecule has 8 heteroatoms. The summed E-state index contributed by atoms with van der Waals surface area (Å²) in [6.07, 6.45) is 4.40. The van der Waals surface area contributed by atoms with E-state index in [1.165, 1.54) is 19.4 Å². The number of nitrogens with zero attached hydrogens (tertiary/aromatic N) is 1. The Labute approximate surface area is 166 Å². The Morgan fingerprint density at radius 3 is 2.86 bits per heavy atom. The molecular weight excluding hydrogens is 386 g/mol. The summed E-state index contributed by atoms with van der Waals surface area (Å²) in [5.74, 6) is 1.42. The highest BCUT2D eigenvalue weighted by molar-refractivity contribution is 6.32. The quantitative estimate of drug-likeness (QED) is 0.396. The zero-order chi connectivity index (χ0) is 19.9. The van der Waals surface area contributed by atoms with E-state index in [4.69, 9.17) is 34.8 Å². The molecule has 0 aliphatic carbocycles. The van der Waals surface area contributed by atoms with E-state index in [0.717, 1.165) is 0 Å². The summed E-state index contributed by atoms with van der Waals surface area (Å²) in [5, 5.41) is 4.23. The van der Waals surface area contributed by atoms with Crippen molar-refractivity contribution in [3.63, 3.8) is 0 Å². The first kappa shape index (κ1) is 19.6. The maximum absolute atomic E-state index is 12.0. The van der Waals surface area contributed by atoms with Gasteiger partial charge in [-0.1, -0.05) is 16.8 Å². The van der Waals surface area contributed by atoms with Crippen LogP contribution in [0.5, 0.6) is 11.5 Å². The molecule has 0 aliphatic heterocycles. The van der Waals surface area contributed by atoms with Crippen molar-refractivity contribution in [3.05, 3.63) is 59.0 Å². The predicted octanol–water partition coefficient (Wildman–Crippen LogP) is 4.75. The van der Waals surface area contributed by atoms with Crippen molar-refractivity contribution in [2.75, 3.05) is 13.7 Å². The van der Waals surface area contributed by atoms with Crippen LogP contribution >= 0.6 is 11.6 Å². The zero-order valence-electron chi connectivity index (χ0n) is 15.3. The number of ether oxygens (including phenoxy) is 3. The first-order valence-corrected chi connectivity index (χ1v) is 8.83. The van der Waals surface area contributed by atoms with Crippen molar-refractivity contribution in [1.82, 2.24) is 5.16 Å². The minimum Gasteiger partial charge on any atom is -0.493 e. The van der Waals surface area contributed by atoms with Gasteiger partial charge in [0, 0.05) is 12.1 Å². The van der Waals surface area contributed by atoms with E-state index in [2.05, 4.69) is 5.16 Å². The number of carbonyl (C=O) groups excluding carboxylic acids is 1. The van der Waals surface area contributed by atoms with Gasteiger partial charge in [0.05, 0.1) is 25.0 Å². The number of benzene rings is 1. The summed E-state index contributed by atoms with van der Waals surface area (Å²) >= 11 is 6.21. The van der Waals surface area contributed by atoms with Gasteiger partial charge in [-0.25, -0.2) is 4.79 Å². The van der Waals surface area contributed by atoms with E-state index in [-0.39, 0.29) is 6.61 Å². The summed E-state index contributed by atoms with van der Waals surface area (Å²) in [4.78, 5) is 12.0. The molecule has 1 aromatic carbocycles. The number of aromatic nitrogens is 1. The zero-order valence-corrected chi connectivity index (χ0v) is 16.1. The Balaban J connectivity index is 1.60. The van der Waals surface area contributed by atoms with Gasteiger partial charge in [-0.15, -0.1) is 0 Å². The molecule has 3 aromatic rings. The Morgan fingerprint density at radius 2 is 2.14 bits per heavy atom. The van der Waals surface area contributed by atoms with E-state index >= 15 is 0 Å². The molecule has 0 unspecified atom stereocenters. The van der Waals surface area contributed by atoms with E-state index < -0.39 is 5.97 Å². The summed E-state index contributed by atoms with van der Waals surface area (Å²) in [6.45, 7) is 2.29. The fourth-order valence-electron chi connectivity index (χ4n) is 2.39. The summed E-state index contributed by atoms with van der Waals surface area (Å²) in [7, 11) is 1.52. The van der Waals surface area contributed by atoms with E-state index in [1.54, 1.807) is 36.4 Å². The Hall–Kier alpha value is -3.19. The summed E-state index contributed by atoms with van der Waals surface area (Å²) in [6, 6.07) is 8.52. The maximum Gasteiger partial charge on any atom is 0.331 e. The van der Waals surface area contributed by atoms with Crippen molar-refractivity contribution in [3.8, 4) is 23.0 Å². The van der Waals surface area contributed by atoms with Gasteiger partial charge in [0.25, 0.3) is 0 Å². The number of furan rings is 1. The smallest absolute Gasteiger partial charge is 0.331 e. The van der Waals surface area contributed by atoms with Crippen LogP contribution in [0.15, 0.2) is 51.6 Å². The van der Waals surface area contributed by atoms with Crippen LogP contribution in [0, 0.1) is 0 Å². The molecule has 0 amide bonds. The van der Waals surface area contributed by atoms with Gasteiger partial charge >= 0.3 is 5.97 Å². The van der Waals surface area contributed by atoms with Gasteiger partial charge in [0.1, 0.15) is 12.3 Å². The van der Waals surface area contributed by atoms with Gasteiger partial charge in [-0.2, -0.15) is 0 Å². The third kappa shape index (κ3) is 4.75. The molecule has 2 heterocycles. The Bertz CT molecular complexity index is 961. The van der Waals surface area contributed by atoms with Crippen LogP contribution in [0.3, 0.4) is 0 Å². The fraction of sp³-hybridized carbons (Fsp3) is 0.200. The molecule has 0 atom stereocenters. The van der Waals surface area contributed by atoms with Crippen molar-refractivity contribution in [2.45, 2.75) is 13.5 Å². The SMILES string of the molecule is CCOc1c(Cl)cc(/C=C/C(=O)OCc2cc(-c3ccco3)on2)cc1OC. The minimum atomic E-state index is -0.536. The minimum absolute atomic E-state index is 0.0270. The lowest BCUT2D eigenvalue weighted by Crippen LogP contribution is -2.01. The summed E-state index contributed by atoms with van der Waals surface area (Å²) in [5.41, 5.74) is 1.14. The molecule has 2 aromatic heterocycles. The summed E-state index contributed by atoms with van der Waals surface area (Å²) < 4.78 is 26.3. The first-order valence-electron chi connectivity index (χ1n) is 8.45. The normalized spacial score (nSPS) is 11.0. The van der Waals surface area contributed by atoms with Crippen LogP contribution < -0.4 is 9.47 Å². The fourth-order valence-corrected chi connectivity index (χ4v) is 2.67. The monoisotopic (exact) mass is 403 g/mol. The molecule has 0 N–H and O–H groups in total. The molecule has 0 radical (unpaired) electrons. The highest BCUT2D eigenvalue weighted by Gasteiger charge is 2.12. The van der Waals surface area contributed by atoms with Crippen LogP contribution in [0.25, 0.3) is 17.6 Å². The Morgan fingerprint density at radius 1 is 1.29 bits per heavy atom. The van der Waals surface area contributed by atoms with Crippen molar-refractivity contribution >= 4 is 23.6 Å². The molecular formula is C20H18ClNO6. The number of hydrogen-bond acceptors (Lipinski definition) is 7. The predicted molar refractivity (Wildman–Crippen MR) is 102 cm³/mol. The average molecular weight is 404 g/mol. The standard InChI is InChI=1S/C20H18ClNO6/c1-3-25-20-15(21)9-13(10-18(20)24-2)6-7-19(23)27-12-14-11-17(28-22-14)16-5-4-8-26-16/h4-11H,3,12H2,1-2H3/b7-6+. The van der Waals surface area contributed by atoms with Crippen molar-refractivity contribution < 1.29 is 27.9 Å². The number of hydrogen-bond donors (Lipinski definition) is 0. The molecule has 0 saturated carbocycles. The van der Waals surface area contributed by atoms with Gasteiger partial charge in [-0.05, 0) is 42.8 Å². The van der Waals surface area contributed by atoms with Gasteiger partial charge < -0.3 is 23.2 Å². The lowest BCUT2D eigenvalue weighted by Gasteiger charge is -2.11. The van der Waals surface area contributed by atoms with Crippen LogP contribution in [0.2, 0.25) is 5.02 Å². The number of esters is 1. The second-order valence-electron chi connectivity index (χ2n) is 5.57. The first-order chi connectivity index (χ1) is 13.6. The topological polar surface area (TPSA) is 83.9 Å². The molecule has 0 fully saturated rings. The second-order valence-corrected chi connectivity index (χ2v) is 5.98. The maximum atomic E-state index is 12.0. The van der Waals surface area contributed by atoms with Crippen LogP contribution in [0.4, 0.5) is 0 Å². The van der Waals surface area contributed by atoms with Gasteiger partial charge in [0.2, 0.25) is 5.76 Å². The van der Waals surface area contributed by atoms with Crippen molar-refractivity contribution in [1.29, 1.82) is 0 Å². The number of methoxy groups -OCH3 is 1. The van der Waals surface area contributed by atoms with Crippen LogP contribution in [-0.2, 0) is 16.1 Å².